The third-order valence-electron chi connectivity index (χ3n) is 5.00. The van der Waals surface area contributed by atoms with E-state index in [0.29, 0.717) is 0 Å². The molecule has 2 aliphatic heterocycles. The number of nitrogens with zero attached hydrogens (tertiary/aromatic N) is 2. The van der Waals surface area contributed by atoms with Crippen LogP contribution in [-0.4, -0.2) is 42.7 Å². The molecule has 2 aliphatic rings. The second-order valence-corrected chi connectivity index (χ2v) is 6.42. The Morgan fingerprint density at radius 3 is 2.71 bits per heavy atom. The Labute approximate surface area is 128 Å². The zero-order valence-corrected chi connectivity index (χ0v) is 13.2. The number of anilines is 1. The molecule has 2 heterocycles. The average molecular weight is 288 g/mol. The van der Waals surface area contributed by atoms with Gasteiger partial charge in [0.2, 0.25) is 0 Å². The quantitative estimate of drug-likeness (QED) is 0.902. The van der Waals surface area contributed by atoms with Crippen LogP contribution in [-0.2, 0) is 6.42 Å². The number of hydrogen-bond donors (Lipinski definition) is 1. The van der Waals surface area contributed by atoms with Gasteiger partial charge in [-0.1, -0.05) is 12.1 Å². The van der Waals surface area contributed by atoms with E-state index in [2.05, 4.69) is 34.9 Å². The Hall–Kier alpha value is -1.06. The summed E-state index contributed by atoms with van der Waals surface area (Å²) in [5, 5.41) is 10.5. The van der Waals surface area contributed by atoms with E-state index in [1.165, 1.54) is 50.1 Å². The monoisotopic (exact) mass is 288 g/mol. The first-order valence-corrected chi connectivity index (χ1v) is 8.56. The van der Waals surface area contributed by atoms with Gasteiger partial charge >= 0.3 is 0 Å². The van der Waals surface area contributed by atoms with E-state index in [1.54, 1.807) is 0 Å². The summed E-state index contributed by atoms with van der Waals surface area (Å²) in [5.74, 6) is 0. The highest BCUT2D eigenvalue weighted by molar-refractivity contribution is 5.57. The van der Waals surface area contributed by atoms with Gasteiger partial charge in [-0.2, -0.15) is 0 Å². The van der Waals surface area contributed by atoms with Crippen LogP contribution in [0.25, 0.3) is 0 Å². The van der Waals surface area contributed by atoms with Crippen molar-refractivity contribution < 1.29 is 5.11 Å². The number of aliphatic hydroxyl groups is 1. The molecule has 0 bridgehead atoms. The summed E-state index contributed by atoms with van der Waals surface area (Å²) in [7, 11) is 0. The second-order valence-electron chi connectivity index (χ2n) is 6.42. The maximum Gasteiger partial charge on any atom is 0.0802 e. The van der Waals surface area contributed by atoms with E-state index < -0.39 is 0 Å². The highest BCUT2D eigenvalue weighted by Crippen LogP contribution is 2.30. The van der Waals surface area contributed by atoms with E-state index in [9.17, 15) is 5.11 Å². The van der Waals surface area contributed by atoms with Gasteiger partial charge < -0.3 is 14.9 Å². The van der Waals surface area contributed by atoms with E-state index in [0.717, 1.165) is 31.5 Å². The summed E-state index contributed by atoms with van der Waals surface area (Å²) in [6, 6.07) is 6.58. The zero-order valence-electron chi connectivity index (χ0n) is 13.2. The largest absolute Gasteiger partial charge is 0.388 e. The molecular formula is C18H28N2O. The summed E-state index contributed by atoms with van der Waals surface area (Å²) in [5.41, 5.74) is 3.89. The Kier molecular flexibility index (Phi) is 4.81. The van der Waals surface area contributed by atoms with Crippen LogP contribution in [0.1, 0.15) is 49.8 Å². The van der Waals surface area contributed by atoms with Gasteiger partial charge in [-0.3, -0.25) is 0 Å². The maximum absolute atomic E-state index is 10.5. The summed E-state index contributed by atoms with van der Waals surface area (Å²) >= 11 is 0. The molecule has 0 aromatic heterocycles. The molecule has 0 aliphatic carbocycles. The lowest BCUT2D eigenvalue weighted by molar-refractivity contribution is 0.149. The van der Waals surface area contributed by atoms with Crippen molar-refractivity contribution in [3.8, 4) is 0 Å². The normalized spacial score (nSPS) is 20.6. The molecule has 0 amide bonds. The van der Waals surface area contributed by atoms with Gasteiger partial charge in [0.1, 0.15) is 0 Å². The van der Waals surface area contributed by atoms with E-state index >= 15 is 0 Å². The number of aryl methyl sites for hydroxylation is 1. The van der Waals surface area contributed by atoms with Crippen LogP contribution in [0.5, 0.6) is 0 Å². The van der Waals surface area contributed by atoms with Crippen LogP contribution in [0.2, 0.25) is 0 Å². The summed E-state index contributed by atoms with van der Waals surface area (Å²) in [4.78, 5) is 4.92. The number of fused-ring (bicyclic) bond motifs is 1. The first-order valence-electron chi connectivity index (χ1n) is 8.56. The molecule has 0 radical (unpaired) electrons. The third-order valence-corrected chi connectivity index (χ3v) is 5.00. The highest BCUT2D eigenvalue weighted by Gasteiger charge is 2.18. The third kappa shape index (κ3) is 3.41. The zero-order chi connectivity index (χ0) is 14.7. The summed E-state index contributed by atoms with van der Waals surface area (Å²) in [6.45, 7) is 7.90. The van der Waals surface area contributed by atoms with E-state index in [-0.39, 0.29) is 6.10 Å². The molecule has 116 valence electrons. The molecule has 1 unspecified atom stereocenters. The Balaban J connectivity index is 1.65. The Bertz CT molecular complexity index is 468. The van der Waals surface area contributed by atoms with Crippen LogP contribution in [0.15, 0.2) is 18.2 Å². The van der Waals surface area contributed by atoms with Crippen molar-refractivity contribution in [1.82, 2.24) is 4.90 Å². The standard InChI is InChI=1S/C18H28N2O/c1-2-20-12-5-6-15-14-16(7-8-17(15)20)18(21)9-13-19-10-3-4-11-19/h7-8,14,18,21H,2-6,9-13H2,1H3. The number of likely N-dealkylation sites (tertiary alicyclic amines) is 1. The van der Waals surface area contributed by atoms with Crippen molar-refractivity contribution in [2.24, 2.45) is 0 Å². The second kappa shape index (κ2) is 6.80. The summed E-state index contributed by atoms with van der Waals surface area (Å²) in [6.07, 6.45) is 5.57. The van der Waals surface area contributed by atoms with Gasteiger partial charge in [-0.15, -0.1) is 0 Å². The lowest BCUT2D eigenvalue weighted by Gasteiger charge is -2.31. The fourth-order valence-electron chi connectivity index (χ4n) is 3.71. The molecule has 0 spiro atoms. The van der Waals surface area contributed by atoms with Crippen molar-refractivity contribution >= 4 is 5.69 Å². The molecule has 1 N–H and O–H groups in total. The minimum absolute atomic E-state index is 0.312. The van der Waals surface area contributed by atoms with Gasteiger partial charge in [0.25, 0.3) is 0 Å². The first-order chi connectivity index (χ1) is 10.3. The van der Waals surface area contributed by atoms with Gasteiger partial charge in [-0.05, 0) is 69.3 Å². The van der Waals surface area contributed by atoms with E-state index in [1.807, 2.05) is 0 Å². The molecule has 1 aromatic rings. The van der Waals surface area contributed by atoms with Gasteiger partial charge in [0.05, 0.1) is 6.10 Å². The molecule has 1 aromatic carbocycles. The van der Waals surface area contributed by atoms with Crippen LogP contribution in [0, 0.1) is 0 Å². The van der Waals surface area contributed by atoms with Crippen molar-refractivity contribution in [3.63, 3.8) is 0 Å². The van der Waals surface area contributed by atoms with Gasteiger partial charge in [-0.25, -0.2) is 0 Å². The number of aliphatic hydroxyl groups excluding tert-OH is 1. The average Bonchev–Trinajstić information content (AvgIpc) is 3.04. The summed E-state index contributed by atoms with van der Waals surface area (Å²) < 4.78 is 0. The molecular weight excluding hydrogens is 260 g/mol. The van der Waals surface area contributed by atoms with Crippen molar-refractivity contribution in [3.05, 3.63) is 29.3 Å². The molecule has 3 nitrogen and oxygen atoms in total. The molecule has 3 rings (SSSR count). The smallest absolute Gasteiger partial charge is 0.0802 e. The lowest BCUT2D eigenvalue weighted by atomic mass is 9.96. The minimum atomic E-state index is -0.312. The van der Waals surface area contributed by atoms with Crippen LogP contribution in [0.4, 0.5) is 5.69 Å². The predicted molar refractivity (Wildman–Crippen MR) is 87.9 cm³/mol. The fourth-order valence-corrected chi connectivity index (χ4v) is 3.71. The van der Waals surface area contributed by atoms with Crippen molar-refractivity contribution in [2.45, 2.75) is 45.1 Å². The highest BCUT2D eigenvalue weighted by atomic mass is 16.3. The molecule has 21 heavy (non-hydrogen) atoms. The van der Waals surface area contributed by atoms with E-state index in [4.69, 9.17) is 0 Å². The topological polar surface area (TPSA) is 26.7 Å². The lowest BCUT2D eigenvalue weighted by Crippen LogP contribution is -2.29. The first kappa shape index (κ1) is 14.9. The maximum atomic E-state index is 10.5. The van der Waals surface area contributed by atoms with Crippen LogP contribution in [0.3, 0.4) is 0 Å². The molecule has 0 saturated carbocycles. The molecule has 1 atom stereocenters. The minimum Gasteiger partial charge on any atom is -0.388 e. The molecule has 1 saturated heterocycles. The van der Waals surface area contributed by atoms with Crippen molar-refractivity contribution in [2.75, 3.05) is 37.6 Å². The van der Waals surface area contributed by atoms with Crippen LogP contribution < -0.4 is 4.90 Å². The SMILES string of the molecule is CCN1CCCc2cc(C(O)CCN3CCCC3)ccc21. The fraction of sp³-hybridized carbons (Fsp3) is 0.667. The van der Waals surface area contributed by atoms with Gasteiger partial charge in [0, 0.05) is 25.3 Å². The molecule has 1 fully saturated rings. The number of benzene rings is 1. The number of hydrogen-bond acceptors (Lipinski definition) is 3. The Morgan fingerprint density at radius 2 is 1.95 bits per heavy atom. The predicted octanol–water partition coefficient (Wildman–Crippen LogP) is 2.98. The van der Waals surface area contributed by atoms with Gasteiger partial charge in [0.15, 0.2) is 0 Å². The van der Waals surface area contributed by atoms with Crippen LogP contribution >= 0.6 is 0 Å². The number of rotatable bonds is 5. The Morgan fingerprint density at radius 1 is 1.14 bits per heavy atom. The van der Waals surface area contributed by atoms with Crippen molar-refractivity contribution in [1.29, 1.82) is 0 Å². The molecule has 3 heteroatoms.